The van der Waals surface area contributed by atoms with Crippen molar-refractivity contribution in [3.05, 3.63) is 23.9 Å². The van der Waals surface area contributed by atoms with E-state index in [-0.39, 0.29) is 13.0 Å². The maximum Gasteiger partial charge on any atom is 0.393 e. The molecule has 0 aromatic carbocycles. The molecular formula is C15H22F3N3. The molecule has 118 valence electrons. The van der Waals surface area contributed by atoms with E-state index in [4.69, 9.17) is 0 Å². The zero-order chi connectivity index (χ0) is 15.5. The summed E-state index contributed by atoms with van der Waals surface area (Å²) in [6.45, 7) is 5.34. The highest BCUT2D eigenvalue weighted by Gasteiger charge is 2.42. The molecule has 0 spiro atoms. The Labute approximate surface area is 123 Å². The Balaban J connectivity index is 2.13. The van der Waals surface area contributed by atoms with Crippen LogP contribution in [-0.2, 0) is 6.54 Å². The second-order valence-corrected chi connectivity index (χ2v) is 5.85. The SMILES string of the molecule is CC(C)NCc1cccnc1N1CCCC(C(F)(F)F)C1. The van der Waals surface area contributed by atoms with Crippen LogP contribution >= 0.6 is 0 Å². The lowest BCUT2D eigenvalue weighted by Crippen LogP contribution is -2.42. The van der Waals surface area contributed by atoms with Crippen LogP contribution in [0, 0.1) is 5.92 Å². The van der Waals surface area contributed by atoms with Crippen molar-refractivity contribution in [1.29, 1.82) is 0 Å². The molecule has 6 heteroatoms. The van der Waals surface area contributed by atoms with Gasteiger partial charge < -0.3 is 10.2 Å². The topological polar surface area (TPSA) is 28.2 Å². The fourth-order valence-corrected chi connectivity index (χ4v) is 2.60. The number of hydrogen-bond donors (Lipinski definition) is 1. The van der Waals surface area contributed by atoms with Crippen LogP contribution in [0.15, 0.2) is 18.3 Å². The monoisotopic (exact) mass is 301 g/mol. The second kappa shape index (κ2) is 6.64. The summed E-state index contributed by atoms with van der Waals surface area (Å²) in [5.41, 5.74) is 0.953. The van der Waals surface area contributed by atoms with E-state index in [1.54, 1.807) is 11.1 Å². The largest absolute Gasteiger partial charge is 0.393 e. The molecule has 1 N–H and O–H groups in total. The molecule has 1 fully saturated rings. The third kappa shape index (κ3) is 4.33. The Morgan fingerprint density at radius 1 is 1.43 bits per heavy atom. The fraction of sp³-hybridized carbons (Fsp3) is 0.667. The van der Waals surface area contributed by atoms with Gasteiger partial charge in [0.25, 0.3) is 0 Å². The molecule has 0 amide bonds. The maximum atomic E-state index is 12.9. The Morgan fingerprint density at radius 2 is 2.19 bits per heavy atom. The summed E-state index contributed by atoms with van der Waals surface area (Å²) in [7, 11) is 0. The molecule has 1 unspecified atom stereocenters. The molecule has 1 saturated heterocycles. The van der Waals surface area contributed by atoms with Gasteiger partial charge in [0.05, 0.1) is 5.92 Å². The van der Waals surface area contributed by atoms with Crippen molar-refractivity contribution in [2.24, 2.45) is 5.92 Å². The highest BCUT2D eigenvalue weighted by molar-refractivity contribution is 5.47. The lowest BCUT2D eigenvalue weighted by atomic mass is 9.97. The lowest BCUT2D eigenvalue weighted by molar-refractivity contribution is -0.176. The average molecular weight is 301 g/mol. The average Bonchev–Trinajstić information content (AvgIpc) is 2.44. The van der Waals surface area contributed by atoms with Gasteiger partial charge in [0.2, 0.25) is 0 Å². The molecule has 2 heterocycles. The van der Waals surface area contributed by atoms with Gasteiger partial charge in [-0.25, -0.2) is 4.98 Å². The summed E-state index contributed by atoms with van der Waals surface area (Å²) < 4.78 is 38.8. The van der Waals surface area contributed by atoms with Gasteiger partial charge in [0.1, 0.15) is 5.82 Å². The van der Waals surface area contributed by atoms with Crippen LogP contribution in [0.4, 0.5) is 19.0 Å². The first-order valence-electron chi connectivity index (χ1n) is 7.37. The predicted octanol–water partition coefficient (Wildman–Crippen LogP) is 3.36. The molecular weight excluding hydrogens is 279 g/mol. The number of alkyl halides is 3. The zero-order valence-electron chi connectivity index (χ0n) is 12.5. The summed E-state index contributed by atoms with van der Waals surface area (Å²) in [4.78, 5) is 6.09. The Bertz CT molecular complexity index is 460. The van der Waals surface area contributed by atoms with Gasteiger partial charge in [-0.1, -0.05) is 19.9 Å². The van der Waals surface area contributed by atoms with Crippen LogP contribution in [0.5, 0.6) is 0 Å². The van der Waals surface area contributed by atoms with Crippen LogP contribution in [0.1, 0.15) is 32.3 Å². The molecule has 1 aromatic rings. The first-order chi connectivity index (χ1) is 9.88. The quantitative estimate of drug-likeness (QED) is 0.924. The summed E-state index contributed by atoms with van der Waals surface area (Å²) in [5, 5.41) is 3.29. The van der Waals surface area contributed by atoms with Crippen molar-refractivity contribution in [3.8, 4) is 0 Å². The van der Waals surface area contributed by atoms with Crippen LogP contribution in [0.2, 0.25) is 0 Å². The molecule has 0 aliphatic carbocycles. The third-order valence-electron chi connectivity index (χ3n) is 3.75. The van der Waals surface area contributed by atoms with E-state index in [1.165, 1.54) is 0 Å². The first-order valence-corrected chi connectivity index (χ1v) is 7.37. The Kier molecular flexibility index (Phi) is 5.08. The minimum Gasteiger partial charge on any atom is -0.356 e. The number of nitrogens with zero attached hydrogens (tertiary/aromatic N) is 2. The van der Waals surface area contributed by atoms with Gasteiger partial charge in [-0.15, -0.1) is 0 Å². The standard InChI is InChI=1S/C15H22F3N3/c1-11(2)20-9-12-5-3-7-19-14(12)21-8-4-6-13(10-21)15(16,17)18/h3,5,7,11,13,20H,4,6,8-10H2,1-2H3. The van der Waals surface area contributed by atoms with Gasteiger partial charge >= 0.3 is 6.18 Å². The van der Waals surface area contributed by atoms with E-state index >= 15 is 0 Å². The molecule has 3 nitrogen and oxygen atoms in total. The summed E-state index contributed by atoms with van der Waals surface area (Å²) >= 11 is 0. The highest BCUT2D eigenvalue weighted by Crippen LogP contribution is 2.35. The first kappa shape index (κ1) is 16.1. The molecule has 0 radical (unpaired) electrons. The summed E-state index contributed by atoms with van der Waals surface area (Å²) in [5.74, 6) is -0.571. The number of halogens is 3. The second-order valence-electron chi connectivity index (χ2n) is 5.85. The number of pyridine rings is 1. The van der Waals surface area contributed by atoms with E-state index in [2.05, 4.69) is 10.3 Å². The van der Waals surface area contributed by atoms with Crippen LogP contribution in [0.25, 0.3) is 0 Å². The van der Waals surface area contributed by atoms with Gasteiger partial charge in [-0.3, -0.25) is 0 Å². The molecule has 1 atom stereocenters. The highest BCUT2D eigenvalue weighted by atomic mass is 19.4. The smallest absolute Gasteiger partial charge is 0.356 e. The number of anilines is 1. The van der Waals surface area contributed by atoms with Crippen molar-refractivity contribution in [2.75, 3.05) is 18.0 Å². The van der Waals surface area contributed by atoms with Crippen LogP contribution < -0.4 is 10.2 Å². The zero-order valence-corrected chi connectivity index (χ0v) is 12.5. The number of piperidine rings is 1. The van der Waals surface area contributed by atoms with Gasteiger partial charge in [0, 0.05) is 37.4 Å². The molecule has 1 aromatic heterocycles. The van der Waals surface area contributed by atoms with E-state index < -0.39 is 12.1 Å². The predicted molar refractivity (Wildman–Crippen MR) is 77.2 cm³/mol. The number of aromatic nitrogens is 1. The van der Waals surface area contributed by atoms with Gasteiger partial charge in [-0.2, -0.15) is 13.2 Å². The summed E-state index contributed by atoms with van der Waals surface area (Å²) in [6.07, 6.45) is -1.71. The van der Waals surface area contributed by atoms with Crippen LogP contribution in [-0.4, -0.2) is 30.3 Å². The molecule has 0 bridgehead atoms. The van der Waals surface area contributed by atoms with Crippen molar-refractivity contribution in [3.63, 3.8) is 0 Å². The number of rotatable bonds is 4. The van der Waals surface area contributed by atoms with E-state index in [9.17, 15) is 13.2 Å². The van der Waals surface area contributed by atoms with Gasteiger partial charge in [-0.05, 0) is 18.9 Å². The molecule has 2 rings (SSSR count). The minimum absolute atomic E-state index is 0.00912. The van der Waals surface area contributed by atoms with E-state index in [0.29, 0.717) is 31.4 Å². The fourth-order valence-electron chi connectivity index (χ4n) is 2.60. The minimum atomic E-state index is -4.12. The molecule has 0 saturated carbocycles. The number of nitrogens with one attached hydrogen (secondary N) is 1. The van der Waals surface area contributed by atoms with E-state index in [1.807, 2.05) is 26.0 Å². The van der Waals surface area contributed by atoms with Crippen molar-refractivity contribution < 1.29 is 13.2 Å². The number of hydrogen-bond acceptors (Lipinski definition) is 3. The Hall–Kier alpha value is -1.30. The van der Waals surface area contributed by atoms with Gasteiger partial charge in [0.15, 0.2) is 0 Å². The van der Waals surface area contributed by atoms with Crippen LogP contribution in [0.3, 0.4) is 0 Å². The Morgan fingerprint density at radius 3 is 2.86 bits per heavy atom. The maximum absolute atomic E-state index is 12.9. The van der Waals surface area contributed by atoms with E-state index in [0.717, 1.165) is 5.56 Å². The summed E-state index contributed by atoms with van der Waals surface area (Å²) in [6, 6.07) is 4.07. The van der Waals surface area contributed by atoms with Crippen molar-refractivity contribution in [2.45, 2.75) is 45.5 Å². The lowest BCUT2D eigenvalue weighted by Gasteiger charge is -2.35. The van der Waals surface area contributed by atoms with Crippen molar-refractivity contribution >= 4 is 5.82 Å². The molecule has 1 aliphatic rings. The normalized spacial score (nSPS) is 20.1. The molecule has 21 heavy (non-hydrogen) atoms. The third-order valence-corrected chi connectivity index (χ3v) is 3.75. The van der Waals surface area contributed by atoms with Crippen molar-refractivity contribution in [1.82, 2.24) is 10.3 Å². The molecule has 1 aliphatic heterocycles.